The molecular formula is C18H23NO2. The van der Waals surface area contributed by atoms with E-state index in [1.807, 2.05) is 55.5 Å². The summed E-state index contributed by atoms with van der Waals surface area (Å²) in [5.41, 5.74) is 1.16. The zero-order valence-electron chi connectivity index (χ0n) is 12.8. The van der Waals surface area contributed by atoms with Crippen LogP contribution in [0.2, 0.25) is 0 Å². The minimum atomic E-state index is -0.894. The summed E-state index contributed by atoms with van der Waals surface area (Å²) in [6, 6.07) is 17.8. The van der Waals surface area contributed by atoms with Crippen LogP contribution in [0.4, 0.5) is 0 Å². The zero-order valence-corrected chi connectivity index (χ0v) is 12.8. The Morgan fingerprint density at radius 3 is 2.52 bits per heavy atom. The molecule has 2 aromatic carbocycles. The quantitative estimate of drug-likeness (QED) is 0.856. The van der Waals surface area contributed by atoms with E-state index >= 15 is 0 Å². The molecule has 2 atom stereocenters. The Morgan fingerprint density at radius 2 is 1.86 bits per heavy atom. The Kier molecular flexibility index (Phi) is 4.99. The molecule has 0 heterocycles. The lowest BCUT2D eigenvalue weighted by molar-refractivity contribution is 0.0543. The van der Waals surface area contributed by atoms with Gasteiger partial charge in [-0.05, 0) is 37.1 Å². The van der Waals surface area contributed by atoms with Crippen LogP contribution >= 0.6 is 0 Å². The first-order chi connectivity index (χ1) is 10.0. The number of methoxy groups -OCH3 is 1. The molecule has 0 aliphatic carbocycles. The van der Waals surface area contributed by atoms with Gasteiger partial charge >= 0.3 is 0 Å². The van der Waals surface area contributed by atoms with E-state index in [1.165, 1.54) is 0 Å². The van der Waals surface area contributed by atoms with Crippen molar-refractivity contribution in [3.8, 4) is 5.75 Å². The highest BCUT2D eigenvalue weighted by Crippen LogP contribution is 2.22. The van der Waals surface area contributed by atoms with Crippen LogP contribution in [0.25, 0.3) is 0 Å². The van der Waals surface area contributed by atoms with Crippen molar-refractivity contribution in [2.45, 2.75) is 25.5 Å². The summed E-state index contributed by atoms with van der Waals surface area (Å²) in [6.07, 6.45) is 0. The molecule has 2 rings (SSSR count). The van der Waals surface area contributed by atoms with E-state index in [-0.39, 0.29) is 6.04 Å². The SMILES string of the molecule is COc1cccc(C(C)NCC(C)(O)c2ccccc2)c1. The van der Waals surface area contributed by atoms with Gasteiger partial charge in [0.2, 0.25) is 0 Å². The van der Waals surface area contributed by atoms with E-state index in [9.17, 15) is 5.11 Å². The van der Waals surface area contributed by atoms with Gasteiger partial charge in [0.15, 0.2) is 0 Å². The Morgan fingerprint density at radius 1 is 1.14 bits per heavy atom. The number of aliphatic hydroxyl groups is 1. The van der Waals surface area contributed by atoms with Crippen LogP contribution in [-0.4, -0.2) is 18.8 Å². The largest absolute Gasteiger partial charge is 0.497 e. The predicted molar refractivity (Wildman–Crippen MR) is 85.4 cm³/mol. The van der Waals surface area contributed by atoms with E-state index in [2.05, 4.69) is 18.3 Å². The van der Waals surface area contributed by atoms with Crippen LogP contribution < -0.4 is 10.1 Å². The molecule has 0 saturated heterocycles. The fourth-order valence-electron chi connectivity index (χ4n) is 2.28. The van der Waals surface area contributed by atoms with Crippen molar-refractivity contribution < 1.29 is 9.84 Å². The van der Waals surface area contributed by atoms with Crippen LogP contribution in [0, 0.1) is 0 Å². The van der Waals surface area contributed by atoms with Gasteiger partial charge in [-0.1, -0.05) is 42.5 Å². The number of benzene rings is 2. The predicted octanol–water partition coefficient (Wildman–Crippen LogP) is 3.25. The first-order valence-electron chi connectivity index (χ1n) is 7.18. The minimum Gasteiger partial charge on any atom is -0.497 e. The summed E-state index contributed by atoms with van der Waals surface area (Å²) in [7, 11) is 1.66. The Hall–Kier alpha value is -1.84. The molecular weight excluding hydrogens is 262 g/mol. The summed E-state index contributed by atoms with van der Waals surface area (Å²) in [5.74, 6) is 0.843. The van der Waals surface area contributed by atoms with Crippen molar-refractivity contribution in [1.82, 2.24) is 5.32 Å². The molecule has 0 bridgehead atoms. The zero-order chi connectivity index (χ0) is 15.3. The topological polar surface area (TPSA) is 41.5 Å². The number of hydrogen-bond donors (Lipinski definition) is 2. The Labute approximate surface area is 126 Å². The summed E-state index contributed by atoms with van der Waals surface area (Å²) >= 11 is 0. The van der Waals surface area contributed by atoms with Gasteiger partial charge in [-0.25, -0.2) is 0 Å². The number of ether oxygens (including phenoxy) is 1. The number of hydrogen-bond acceptors (Lipinski definition) is 3. The molecule has 2 N–H and O–H groups in total. The van der Waals surface area contributed by atoms with Gasteiger partial charge in [0.25, 0.3) is 0 Å². The van der Waals surface area contributed by atoms with Crippen LogP contribution in [0.3, 0.4) is 0 Å². The summed E-state index contributed by atoms with van der Waals surface area (Å²) < 4.78 is 5.24. The van der Waals surface area contributed by atoms with Gasteiger partial charge in [0.1, 0.15) is 5.75 Å². The smallest absolute Gasteiger partial charge is 0.119 e. The lowest BCUT2D eigenvalue weighted by atomic mass is 9.95. The Balaban J connectivity index is 2.01. The van der Waals surface area contributed by atoms with E-state index in [1.54, 1.807) is 7.11 Å². The molecule has 2 unspecified atom stereocenters. The minimum absolute atomic E-state index is 0.135. The van der Waals surface area contributed by atoms with Gasteiger partial charge in [0.05, 0.1) is 12.7 Å². The third kappa shape index (κ3) is 4.06. The second-order valence-electron chi connectivity index (χ2n) is 5.52. The lowest BCUT2D eigenvalue weighted by Crippen LogP contribution is -2.36. The van der Waals surface area contributed by atoms with Crippen molar-refractivity contribution >= 4 is 0 Å². The first kappa shape index (κ1) is 15.5. The van der Waals surface area contributed by atoms with Crippen LogP contribution in [0.1, 0.15) is 31.0 Å². The summed E-state index contributed by atoms with van der Waals surface area (Å²) in [6.45, 7) is 4.39. The van der Waals surface area contributed by atoms with Crippen molar-refractivity contribution in [3.05, 3.63) is 65.7 Å². The van der Waals surface area contributed by atoms with Crippen LogP contribution in [-0.2, 0) is 5.60 Å². The Bertz CT molecular complexity index is 566. The molecule has 21 heavy (non-hydrogen) atoms. The normalized spacial score (nSPS) is 15.2. The molecule has 2 aromatic rings. The van der Waals surface area contributed by atoms with Gasteiger partial charge in [-0.3, -0.25) is 0 Å². The van der Waals surface area contributed by atoms with Crippen molar-refractivity contribution in [3.63, 3.8) is 0 Å². The van der Waals surface area contributed by atoms with E-state index < -0.39 is 5.60 Å². The average molecular weight is 285 g/mol. The maximum atomic E-state index is 10.6. The molecule has 0 radical (unpaired) electrons. The maximum absolute atomic E-state index is 10.6. The van der Waals surface area contributed by atoms with E-state index in [4.69, 9.17) is 4.74 Å². The van der Waals surface area contributed by atoms with Crippen LogP contribution in [0.5, 0.6) is 5.75 Å². The van der Waals surface area contributed by atoms with Gasteiger partial charge in [-0.2, -0.15) is 0 Å². The van der Waals surface area contributed by atoms with E-state index in [0.29, 0.717) is 6.54 Å². The fourth-order valence-corrected chi connectivity index (χ4v) is 2.28. The molecule has 0 amide bonds. The lowest BCUT2D eigenvalue weighted by Gasteiger charge is -2.26. The van der Waals surface area contributed by atoms with Gasteiger partial charge in [0, 0.05) is 12.6 Å². The molecule has 0 saturated carbocycles. The molecule has 3 nitrogen and oxygen atoms in total. The van der Waals surface area contributed by atoms with Gasteiger partial charge in [-0.15, -0.1) is 0 Å². The molecule has 0 aliphatic heterocycles. The monoisotopic (exact) mass is 285 g/mol. The highest BCUT2D eigenvalue weighted by molar-refractivity contribution is 5.30. The van der Waals surface area contributed by atoms with Crippen molar-refractivity contribution in [2.24, 2.45) is 0 Å². The fraction of sp³-hybridized carbons (Fsp3) is 0.333. The van der Waals surface area contributed by atoms with Crippen molar-refractivity contribution in [1.29, 1.82) is 0 Å². The summed E-state index contributed by atoms with van der Waals surface area (Å²) in [5, 5.41) is 14.0. The molecule has 3 heteroatoms. The van der Waals surface area contributed by atoms with E-state index in [0.717, 1.165) is 16.9 Å². The van der Waals surface area contributed by atoms with Gasteiger partial charge < -0.3 is 15.2 Å². The van der Waals surface area contributed by atoms with Crippen molar-refractivity contribution in [2.75, 3.05) is 13.7 Å². The molecule has 112 valence electrons. The maximum Gasteiger partial charge on any atom is 0.119 e. The standard InChI is InChI=1S/C18H23NO2/c1-14(15-8-7-11-17(12-15)21-3)19-13-18(2,20)16-9-5-4-6-10-16/h4-12,14,19-20H,13H2,1-3H3. The average Bonchev–Trinajstić information content (AvgIpc) is 2.53. The third-order valence-corrected chi connectivity index (χ3v) is 3.74. The third-order valence-electron chi connectivity index (χ3n) is 3.74. The number of nitrogens with one attached hydrogen (secondary N) is 1. The molecule has 0 aromatic heterocycles. The molecule has 0 fully saturated rings. The molecule has 0 aliphatic rings. The second-order valence-corrected chi connectivity index (χ2v) is 5.52. The first-order valence-corrected chi connectivity index (χ1v) is 7.18. The highest BCUT2D eigenvalue weighted by atomic mass is 16.5. The molecule has 0 spiro atoms. The van der Waals surface area contributed by atoms with Crippen LogP contribution in [0.15, 0.2) is 54.6 Å². The second kappa shape index (κ2) is 6.74. The number of rotatable bonds is 6. The summed E-state index contributed by atoms with van der Waals surface area (Å²) in [4.78, 5) is 0. The highest BCUT2D eigenvalue weighted by Gasteiger charge is 2.23.